The zero-order valence-corrected chi connectivity index (χ0v) is 11.1. The van der Waals surface area contributed by atoms with Gasteiger partial charge in [0.1, 0.15) is 10.6 Å². The Hall–Kier alpha value is -1.48. The fourth-order valence-corrected chi connectivity index (χ4v) is 2.97. The summed E-state index contributed by atoms with van der Waals surface area (Å²) >= 11 is 1.54. The minimum atomic E-state index is -0.0858. The molecule has 4 N–H and O–H groups in total. The number of aliphatic hydroxyl groups excluding tert-OH is 1. The van der Waals surface area contributed by atoms with Gasteiger partial charge in [-0.15, -0.1) is 11.3 Å². The van der Waals surface area contributed by atoms with E-state index in [2.05, 4.69) is 20.3 Å². The fourth-order valence-electron chi connectivity index (χ4n) is 2.21. The first-order chi connectivity index (χ1) is 9.33. The molecular weight excluding hydrogens is 266 g/mol. The highest BCUT2D eigenvalue weighted by atomic mass is 32.1. The van der Waals surface area contributed by atoms with Gasteiger partial charge >= 0.3 is 0 Å². The van der Waals surface area contributed by atoms with Crippen LogP contribution in [0.25, 0.3) is 10.2 Å². The Labute approximate surface area is 114 Å². The minimum Gasteiger partial charge on any atom is -0.394 e. The second kappa shape index (κ2) is 5.25. The molecule has 2 aromatic rings. The number of morpholine rings is 1. The Morgan fingerprint density at radius 1 is 1.58 bits per heavy atom. The van der Waals surface area contributed by atoms with Gasteiger partial charge in [0.15, 0.2) is 0 Å². The lowest BCUT2D eigenvalue weighted by Crippen LogP contribution is -2.48. The van der Waals surface area contributed by atoms with E-state index in [-0.39, 0.29) is 12.6 Å². The van der Waals surface area contributed by atoms with Gasteiger partial charge in [0, 0.05) is 6.54 Å². The normalized spacial score (nSPS) is 19.9. The first kappa shape index (κ1) is 12.5. The zero-order valence-electron chi connectivity index (χ0n) is 10.2. The molecule has 0 spiro atoms. The van der Waals surface area contributed by atoms with E-state index < -0.39 is 0 Å². The van der Waals surface area contributed by atoms with Crippen molar-refractivity contribution in [3.8, 4) is 0 Å². The van der Waals surface area contributed by atoms with Crippen molar-refractivity contribution < 1.29 is 9.84 Å². The van der Waals surface area contributed by atoms with Gasteiger partial charge in [0.25, 0.3) is 0 Å². The van der Waals surface area contributed by atoms with Crippen LogP contribution >= 0.6 is 11.3 Å². The van der Waals surface area contributed by atoms with Gasteiger partial charge in [0.2, 0.25) is 5.95 Å². The van der Waals surface area contributed by atoms with E-state index in [0.717, 1.165) is 16.0 Å². The van der Waals surface area contributed by atoms with Crippen LogP contribution in [0.2, 0.25) is 0 Å². The van der Waals surface area contributed by atoms with E-state index in [4.69, 9.17) is 10.6 Å². The average Bonchev–Trinajstić information content (AvgIpc) is 2.94. The zero-order chi connectivity index (χ0) is 13.2. The third-order valence-electron chi connectivity index (χ3n) is 3.14. The van der Waals surface area contributed by atoms with Crippen molar-refractivity contribution in [2.75, 3.05) is 36.7 Å². The smallest absolute Gasteiger partial charge is 0.240 e. The third kappa shape index (κ3) is 2.23. The topological polar surface area (TPSA) is 96.5 Å². The molecule has 0 saturated carbocycles. The molecule has 2 aromatic heterocycles. The van der Waals surface area contributed by atoms with E-state index in [1.807, 2.05) is 11.4 Å². The number of hydrogen-bond donors (Lipinski definition) is 3. The van der Waals surface area contributed by atoms with Crippen LogP contribution in [-0.2, 0) is 4.74 Å². The Balaban J connectivity index is 2.08. The lowest BCUT2D eigenvalue weighted by atomic mass is 10.2. The maximum absolute atomic E-state index is 9.47. The number of hydrazine groups is 1. The summed E-state index contributed by atoms with van der Waals surface area (Å²) in [4.78, 5) is 11.7. The second-order valence-corrected chi connectivity index (χ2v) is 5.15. The van der Waals surface area contributed by atoms with E-state index in [0.29, 0.717) is 25.7 Å². The highest BCUT2D eigenvalue weighted by Crippen LogP contribution is 2.30. The van der Waals surface area contributed by atoms with Crippen molar-refractivity contribution in [2.24, 2.45) is 5.84 Å². The second-order valence-electron chi connectivity index (χ2n) is 4.26. The predicted molar refractivity (Wildman–Crippen MR) is 74.3 cm³/mol. The molecule has 1 fully saturated rings. The molecular formula is C11H15N5O2S. The van der Waals surface area contributed by atoms with Crippen molar-refractivity contribution in [3.05, 3.63) is 11.4 Å². The van der Waals surface area contributed by atoms with Gasteiger partial charge in [-0.3, -0.25) is 5.43 Å². The highest BCUT2D eigenvalue weighted by molar-refractivity contribution is 7.16. The Morgan fingerprint density at radius 3 is 3.26 bits per heavy atom. The predicted octanol–water partition coefficient (Wildman–Crippen LogP) is 0.174. The molecule has 19 heavy (non-hydrogen) atoms. The fraction of sp³-hybridized carbons (Fsp3) is 0.455. The standard InChI is InChI=1S/C11H15N5O2S/c12-15-11-13-9(8-1-4-19-10(8)14-11)16-2-3-18-6-7(16)5-17/h1,4,7,17H,2-3,5-6,12H2,(H,13,14,15). The van der Waals surface area contributed by atoms with Crippen molar-refractivity contribution >= 4 is 33.3 Å². The van der Waals surface area contributed by atoms with Crippen molar-refractivity contribution in [1.29, 1.82) is 0 Å². The number of hydrogen-bond acceptors (Lipinski definition) is 8. The molecule has 0 bridgehead atoms. The number of nitrogen functional groups attached to an aromatic ring is 1. The number of anilines is 2. The number of thiophene rings is 1. The number of rotatable bonds is 3. The first-order valence-corrected chi connectivity index (χ1v) is 6.88. The molecule has 1 atom stereocenters. The van der Waals surface area contributed by atoms with Crippen LogP contribution in [0, 0.1) is 0 Å². The molecule has 0 aromatic carbocycles. The number of aromatic nitrogens is 2. The van der Waals surface area contributed by atoms with Crippen molar-refractivity contribution in [2.45, 2.75) is 6.04 Å². The molecule has 0 aliphatic carbocycles. The van der Waals surface area contributed by atoms with Crippen LogP contribution in [0.1, 0.15) is 0 Å². The SMILES string of the molecule is NNc1nc(N2CCOCC2CO)c2ccsc2n1. The van der Waals surface area contributed by atoms with Crippen molar-refractivity contribution in [3.63, 3.8) is 0 Å². The molecule has 3 rings (SSSR count). The summed E-state index contributed by atoms with van der Waals surface area (Å²) in [5.41, 5.74) is 2.49. The first-order valence-electron chi connectivity index (χ1n) is 6.00. The molecule has 1 saturated heterocycles. The molecule has 8 heteroatoms. The third-order valence-corrected chi connectivity index (χ3v) is 3.95. The maximum atomic E-state index is 9.47. The number of nitrogens with zero attached hydrogens (tertiary/aromatic N) is 3. The molecule has 1 aliphatic rings. The summed E-state index contributed by atoms with van der Waals surface area (Å²) in [5.74, 6) is 6.59. The number of ether oxygens (including phenoxy) is 1. The summed E-state index contributed by atoms with van der Waals surface area (Å²) in [7, 11) is 0. The Bertz CT molecular complexity index is 575. The van der Waals surface area contributed by atoms with Gasteiger partial charge in [-0.1, -0.05) is 0 Å². The van der Waals surface area contributed by atoms with E-state index >= 15 is 0 Å². The van der Waals surface area contributed by atoms with Crippen LogP contribution in [0.4, 0.5) is 11.8 Å². The van der Waals surface area contributed by atoms with Gasteiger partial charge in [-0.2, -0.15) is 4.98 Å². The Morgan fingerprint density at radius 2 is 2.47 bits per heavy atom. The van der Waals surface area contributed by atoms with Crippen LogP contribution in [0.15, 0.2) is 11.4 Å². The molecule has 7 nitrogen and oxygen atoms in total. The number of aliphatic hydroxyl groups is 1. The van der Waals surface area contributed by atoms with E-state index in [9.17, 15) is 5.11 Å². The van der Waals surface area contributed by atoms with Crippen LogP contribution in [0.5, 0.6) is 0 Å². The molecule has 0 radical (unpaired) electrons. The summed E-state index contributed by atoms with van der Waals surface area (Å²) in [5, 5.41) is 12.4. The molecule has 1 aliphatic heterocycles. The monoisotopic (exact) mass is 281 g/mol. The van der Waals surface area contributed by atoms with Crippen LogP contribution in [-0.4, -0.2) is 47.5 Å². The van der Waals surface area contributed by atoms with Crippen LogP contribution in [0.3, 0.4) is 0 Å². The van der Waals surface area contributed by atoms with E-state index in [1.54, 1.807) is 0 Å². The highest BCUT2D eigenvalue weighted by Gasteiger charge is 2.26. The van der Waals surface area contributed by atoms with Crippen LogP contribution < -0.4 is 16.2 Å². The van der Waals surface area contributed by atoms with Gasteiger partial charge in [-0.25, -0.2) is 10.8 Å². The lowest BCUT2D eigenvalue weighted by Gasteiger charge is -2.35. The number of fused-ring (bicyclic) bond motifs is 1. The molecule has 1 unspecified atom stereocenters. The number of nitrogens with two attached hydrogens (primary N) is 1. The van der Waals surface area contributed by atoms with Gasteiger partial charge in [0.05, 0.1) is 31.2 Å². The summed E-state index contributed by atoms with van der Waals surface area (Å²) < 4.78 is 5.39. The molecule has 102 valence electrons. The molecule has 0 amide bonds. The summed E-state index contributed by atoms with van der Waals surface area (Å²) in [6.07, 6.45) is 0. The average molecular weight is 281 g/mol. The minimum absolute atomic E-state index is 0.0288. The quantitative estimate of drug-likeness (QED) is 0.545. The van der Waals surface area contributed by atoms with Gasteiger partial charge < -0.3 is 14.7 Å². The Kier molecular flexibility index (Phi) is 3.47. The largest absolute Gasteiger partial charge is 0.394 e. The molecule has 3 heterocycles. The summed E-state index contributed by atoms with van der Waals surface area (Å²) in [6.45, 7) is 1.84. The number of nitrogens with one attached hydrogen (secondary N) is 1. The van der Waals surface area contributed by atoms with E-state index in [1.165, 1.54) is 11.3 Å². The van der Waals surface area contributed by atoms with Crippen molar-refractivity contribution in [1.82, 2.24) is 9.97 Å². The van der Waals surface area contributed by atoms with Gasteiger partial charge in [-0.05, 0) is 11.4 Å². The lowest BCUT2D eigenvalue weighted by molar-refractivity contribution is 0.0724. The summed E-state index contributed by atoms with van der Waals surface area (Å²) in [6, 6.07) is 1.90. The maximum Gasteiger partial charge on any atom is 0.240 e.